The molecular formula is C22H44N8O5. The molecule has 4 atom stereocenters. The van der Waals surface area contributed by atoms with E-state index in [0.717, 1.165) is 6.42 Å². The quantitative estimate of drug-likeness (QED) is 0.0646. The number of guanidine groups is 1. The van der Waals surface area contributed by atoms with Gasteiger partial charge in [0.2, 0.25) is 17.7 Å². The van der Waals surface area contributed by atoms with E-state index < -0.39 is 47.9 Å². The van der Waals surface area contributed by atoms with Gasteiger partial charge in [0.1, 0.15) is 18.1 Å². The van der Waals surface area contributed by atoms with Crippen LogP contribution in [-0.2, 0) is 19.2 Å². The Balaban J connectivity index is 5.47. The molecule has 3 amide bonds. The second-order valence-electron chi connectivity index (χ2n) is 9.20. The Bertz CT molecular complexity index is 725. The van der Waals surface area contributed by atoms with Crippen LogP contribution in [0.5, 0.6) is 0 Å². The Hall–Kier alpha value is -2.93. The van der Waals surface area contributed by atoms with E-state index in [1.54, 1.807) is 27.7 Å². The van der Waals surface area contributed by atoms with E-state index in [-0.39, 0.29) is 30.8 Å². The van der Waals surface area contributed by atoms with E-state index in [2.05, 4.69) is 20.9 Å². The van der Waals surface area contributed by atoms with Gasteiger partial charge in [0.15, 0.2) is 5.96 Å². The molecule has 0 heterocycles. The van der Waals surface area contributed by atoms with Gasteiger partial charge in [0.05, 0.1) is 6.04 Å². The van der Waals surface area contributed by atoms with Crippen molar-refractivity contribution in [3.63, 3.8) is 0 Å². The number of nitrogens with one attached hydrogen (secondary N) is 3. The van der Waals surface area contributed by atoms with Crippen molar-refractivity contribution in [1.29, 1.82) is 0 Å². The van der Waals surface area contributed by atoms with Crippen molar-refractivity contribution in [2.24, 2.45) is 39.8 Å². The number of hydrogen-bond acceptors (Lipinski definition) is 7. The first-order chi connectivity index (χ1) is 16.3. The third-order valence-electron chi connectivity index (χ3n) is 5.36. The maximum atomic E-state index is 13.1. The molecular weight excluding hydrogens is 456 g/mol. The van der Waals surface area contributed by atoms with Gasteiger partial charge < -0.3 is 44.0 Å². The molecule has 0 bridgehead atoms. The summed E-state index contributed by atoms with van der Waals surface area (Å²) in [6.45, 7) is 7.53. The normalized spacial score (nSPS) is 14.5. The smallest absolute Gasteiger partial charge is 0.326 e. The summed E-state index contributed by atoms with van der Waals surface area (Å²) < 4.78 is 0. The first-order valence-electron chi connectivity index (χ1n) is 12.0. The van der Waals surface area contributed by atoms with Gasteiger partial charge in [-0.05, 0) is 44.1 Å². The highest BCUT2D eigenvalue weighted by Crippen LogP contribution is 2.08. The minimum Gasteiger partial charge on any atom is -0.480 e. The predicted octanol–water partition coefficient (Wildman–Crippen LogP) is -1.65. The Morgan fingerprint density at radius 1 is 0.800 bits per heavy atom. The van der Waals surface area contributed by atoms with Crippen LogP contribution in [-0.4, -0.2) is 72.0 Å². The Kier molecular flexibility index (Phi) is 15.3. The summed E-state index contributed by atoms with van der Waals surface area (Å²) in [5.74, 6) is -3.69. The summed E-state index contributed by atoms with van der Waals surface area (Å²) in [5.41, 5.74) is 22.0. The SMILES string of the molecule is CC(C)C(NC(=O)C(CCCN=C(N)N)NC(=O)C(NC(=O)C(N)CCCCN)C(C)C)C(=O)O. The molecule has 0 radical (unpaired) electrons. The summed E-state index contributed by atoms with van der Waals surface area (Å²) >= 11 is 0. The zero-order chi connectivity index (χ0) is 27.1. The average Bonchev–Trinajstić information content (AvgIpc) is 2.76. The van der Waals surface area contributed by atoms with Gasteiger partial charge in [-0.1, -0.05) is 34.1 Å². The molecule has 0 fully saturated rings. The summed E-state index contributed by atoms with van der Waals surface area (Å²) in [4.78, 5) is 53.9. The second kappa shape index (κ2) is 16.7. The van der Waals surface area contributed by atoms with Gasteiger partial charge in [-0.25, -0.2) is 4.79 Å². The summed E-state index contributed by atoms with van der Waals surface area (Å²) in [6, 6.07) is -3.94. The molecule has 13 heteroatoms. The van der Waals surface area contributed by atoms with Gasteiger partial charge in [-0.3, -0.25) is 19.4 Å². The van der Waals surface area contributed by atoms with Crippen LogP contribution in [0, 0.1) is 11.8 Å². The number of rotatable bonds is 17. The van der Waals surface area contributed by atoms with Gasteiger partial charge >= 0.3 is 5.97 Å². The van der Waals surface area contributed by atoms with Crippen molar-refractivity contribution in [2.75, 3.05) is 13.1 Å². The van der Waals surface area contributed by atoms with Crippen LogP contribution in [0.15, 0.2) is 4.99 Å². The van der Waals surface area contributed by atoms with E-state index in [9.17, 15) is 24.3 Å². The number of unbranched alkanes of at least 4 members (excludes halogenated alkanes) is 1. The van der Waals surface area contributed by atoms with E-state index in [1.807, 2.05) is 0 Å². The molecule has 4 unspecified atom stereocenters. The van der Waals surface area contributed by atoms with Gasteiger partial charge in [-0.15, -0.1) is 0 Å². The minimum absolute atomic E-state index is 0.105. The summed E-state index contributed by atoms with van der Waals surface area (Å²) in [6.07, 6.45) is 2.34. The topological polar surface area (TPSA) is 241 Å². The third kappa shape index (κ3) is 12.9. The molecule has 0 aromatic heterocycles. The third-order valence-corrected chi connectivity index (χ3v) is 5.36. The zero-order valence-electron chi connectivity index (χ0n) is 21.3. The predicted molar refractivity (Wildman–Crippen MR) is 134 cm³/mol. The average molecular weight is 501 g/mol. The number of carboxylic acid groups (broad SMARTS) is 1. The van der Waals surface area contributed by atoms with Gasteiger partial charge in [-0.2, -0.15) is 0 Å². The molecule has 0 rings (SSSR count). The maximum Gasteiger partial charge on any atom is 0.326 e. The molecule has 0 spiro atoms. The van der Waals surface area contributed by atoms with E-state index in [0.29, 0.717) is 25.8 Å². The van der Waals surface area contributed by atoms with Crippen molar-refractivity contribution in [1.82, 2.24) is 16.0 Å². The van der Waals surface area contributed by atoms with Crippen LogP contribution in [0.4, 0.5) is 0 Å². The number of carboxylic acids is 1. The number of amides is 3. The lowest BCUT2D eigenvalue weighted by Gasteiger charge is -2.27. The molecule has 0 saturated carbocycles. The molecule has 12 N–H and O–H groups in total. The van der Waals surface area contributed by atoms with Crippen LogP contribution in [0.1, 0.15) is 59.8 Å². The summed E-state index contributed by atoms with van der Waals surface area (Å²) in [7, 11) is 0. The number of nitrogens with two attached hydrogens (primary N) is 4. The molecule has 0 aliphatic carbocycles. The van der Waals surface area contributed by atoms with Crippen molar-refractivity contribution < 1.29 is 24.3 Å². The standard InChI is InChI=1S/C22H44N8O5/c1-12(2)16(29-18(31)14(24)8-5-6-10-23)20(33)28-15(9-7-11-27-22(25)26)19(32)30-17(13(3)4)21(34)35/h12-17H,5-11,23-24H2,1-4H3,(H,28,33)(H,29,31)(H,30,32)(H,34,35)(H4,25,26,27). The van der Waals surface area contributed by atoms with Crippen LogP contribution >= 0.6 is 0 Å². The van der Waals surface area contributed by atoms with Crippen molar-refractivity contribution in [3.05, 3.63) is 0 Å². The lowest BCUT2D eigenvalue weighted by Crippen LogP contribution is -2.58. The fraction of sp³-hybridized carbons (Fsp3) is 0.773. The molecule has 13 nitrogen and oxygen atoms in total. The van der Waals surface area contributed by atoms with Crippen LogP contribution in [0.25, 0.3) is 0 Å². The van der Waals surface area contributed by atoms with Gasteiger partial charge in [0.25, 0.3) is 0 Å². The Morgan fingerprint density at radius 2 is 1.37 bits per heavy atom. The molecule has 35 heavy (non-hydrogen) atoms. The number of carbonyl (C=O) groups is 4. The largest absolute Gasteiger partial charge is 0.480 e. The van der Waals surface area contributed by atoms with E-state index in [4.69, 9.17) is 22.9 Å². The lowest BCUT2D eigenvalue weighted by molar-refractivity contribution is -0.143. The molecule has 0 aliphatic rings. The molecule has 0 saturated heterocycles. The second-order valence-corrected chi connectivity index (χ2v) is 9.20. The highest BCUT2D eigenvalue weighted by Gasteiger charge is 2.32. The molecule has 0 aromatic rings. The molecule has 202 valence electrons. The van der Waals surface area contributed by atoms with Crippen LogP contribution in [0.2, 0.25) is 0 Å². The van der Waals surface area contributed by atoms with Crippen LogP contribution in [0.3, 0.4) is 0 Å². The van der Waals surface area contributed by atoms with Gasteiger partial charge in [0, 0.05) is 6.54 Å². The van der Waals surface area contributed by atoms with E-state index >= 15 is 0 Å². The highest BCUT2D eigenvalue weighted by atomic mass is 16.4. The fourth-order valence-electron chi connectivity index (χ4n) is 3.24. The first-order valence-corrected chi connectivity index (χ1v) is 12.0. The lowest BCUT2D eigenvalue weighted by atomic mass is 10.00. The number of nitrogens with zero attached hydrogens (tertiary/aromatic N) is 1. The minimum atomic E-state index is -1.19. The molecule has 0 aliphatic heterocycles. The van der Waals surface area contributed by atoms with Crippen molar-refractivity contribution in [3.8, 4) is 0 Å². The number of carbonyl (C=O) groups excluding carboxylic acids is 3. The zero-order valence-corrected chi connectivity index (χ0v) is 21.3. The van der Waals surface area contributed by atoms with Crippen LogP contribution < -0.4 is 38.9 Å². The molecule has 0 aromatic carbocycles. The van der Waals surface area contributed by atoms with E-state index in [1.165, 1.54) is 0 Å². The number of aliphatic imine (C=N–C) groups is 1. The van der Waals surface area contributed by atoms with Crippen molar-refractivity contribution in [2.45, 2.75) is 84.0 Å². The Morgan fingerprint density at radius 3 is 1.86 bits per heavy atom. The summed E-state index contributed by atoms with van der Waals surface area (Å²) in [5, 5.41) is 17.2. The fourth-order valence-corrected chi connectivity index (χ4v) is 3.24. The maximum absolute atomic E-state index is 13.1. The van der Waals surface area contributed by atoms with Crippen molar-refractivity contribution >= 4 is 29.7 Å². The number of aliphatic carboxylic acids is 1. The highest BCUT2D eigenvalue weighted by molar-refractivity contribution is 5.94. The monoisotopic (exact) mass is 500 g/mol. The number of hydrogen-bond donors (Lipinski definition) is 8. The Labute approximate surface area is 207 Å². The first kappa shape index (κ1) is 32.1.